The Balaban J connectivity index is 2.32. The van der Waals surface area contributed by atoms with Crippen molar-refractivity contribution in [1.29, 1.82) is 0 Å². The van der Waals surface area contributed by atoms with Gasteiger partial charge in [0.1, 0.15) is 6.10 Å². The van der Waals surface area contributed by atoms with Gasteiger partial charge in [0.15, 0.2) is 5.90 Å². The lowest BCUT2D eigenvalue weighted by Crippen LogP contribution is -2.22. The second-order valence-electron chi connectivity index (χ2n) is 2.65. The number of halogens is 3. The average Bonchev–Trinajstić information content (AvgIpc) is 2.32. The van der Waals surface area contributed by atoms with Crippen molar-refractivity contribution < 1.29 is 17.9 Å². The molecule has 70 valence electrons. The van der Waals surface area contributed by atoms with Crippen LogP contribution in [0.25, 0.3) is 0 Å². The van der Waals surface area contributed by atoms with Crippen molar-refractivity contribution in [3.8, 4) is 0 Å². The van der Waals surface area contributed by atoms with Crippen molar-refractivity contribution in [3.05, 3.63) is 0 Å². The summed E-state index contributed by atoms with van der Waals surface area (Å²) in [7, 11) is 0. The summed E-state index contributed by atoms with van der Waals surface area (Å²) < 4.78 is 40.3. The zero-order valence-corrected chi connectivity index (χ0v) is 6.69. The van der Waals surface area contributed by atoms with E-state index in [1.54, 1.807) is 6.92 Å². The van der Waals surface area contributed by atoms with E-state index in [0.29, 0.717) is 12.3 Å². The predicted molar refractivity (Wildman–Crippen MR) is 38.1 cm³/mol. The SMILES string of the molecule is CCC1=NC[C@H](CC(F)(F)F)O1. The lowest BCUT2D eigenvalue weighted by atomic mass is 10.2. The van der Waals surface area contributed by atoms with E-state index in [1.807, 2.05) is 0 Å². The normalized spacial score (nSPS) is 23.7. The van der Waals surface area contributed by atoms with Gasteiger partial charge in [-0.3, -0.25) is 4.99 Å². The number of aliphatic imine (C=N–C) groups is 1. The minimum atomic E-state index is -4.15. The highest BCUT2D eigenvalue weighted by molar-refractivity contribution is 5.77. The molecule has 0 aliphatic carbocycles. The lowest BCUT2D eigenvalue weighted by Gasteiger charge is -2.12. The Morgan fingerprint density at radius 1 is 1.58 bits per heavy atom. The fourth-order valence-corrected chi connectivity index (χ4v) is 1.03. The number of nitrogens with zero attached hydrogens (tertiary/aromatic N) is 1. The largest absolute Gasteiger partial charge is 0.475 e. The van der Waals surface area contributed by atoms with Gasteiger partial charge in [-0.15, -0.1) is 0 Å². The van der Waals surface area contributed by atoms with Crippen LogP contribution in [0.4, 0.5) is 13.2 Å². The van der Waals surface area contributed by atoms with Crippen LogP contribution in [0.5, 0.6) is 0 Å². The van der Waals surface area contributed by atoms with Crippen LogP contribution in [0.2, 0.25) is 0 Å². The maximum Gasteiger partial charge on any atom is 0.392 e. The van der Waals surface area contributed by atoms with Crippen molar-refractivity contribution in [2.75, 3.05) is 6.54 Å². The summed E-state index contributed by atoms with van der Waals surface area (Å²) in [6.45, 7) is 1.94. The van der Waals surface area contributed by atoms with Gasteiger partial charge in [0, 0.05) is 6.42 Å². The molecule has 12 heavy (non-hydrogen) atoms. The van der Waals surface area contributed by atoms with Crippen LogP contribution < -0.4 is 0 Å². The molecular formula is C7H10F3NO. The third-order valence-corrected chi connectivity index (χ3v) is 1.54. The van der Waals surface area contributed by atoms with E-state index in [2.05, 4.69) is 4.99 Å². The minimum absolute atomic E-state index is 0.142. The van der Waals surface area contributed by atoms with Crippen LogP contribution in [0, 0.1) is 0 Å². The molecule has 0 aromatic carbocycles. The van der Waals surface area contributed by atoms with Gasteiger partial charge in [-0.2, -0.15) is 13.2 Å². The van der Waals surface area contributed by atoms with Gasteiger partial charge in [-0.05, 0) is 0 Å². The maximum absolute atomic E-state index is 11.8. The summed E-state index contributed by atoms with van der Waals surface area (Å²) in [6, 6.07) is 0. The molecule has 0 bridgehead atoms. The molecule has 0 saturated heterocycles. The molecule has 0 aromatic rings. The Morgan fingerprint density at radius 2 is 2.25 bits per heavy atom. The molecule has 1 rings (SSSR count). The standard InChI is InChI=1S/C7H10F3NO/c1-2-6-11-4-5(12-6)3-7(8,9)10/h5H,2-4H2,1H3/t5-/m0/s1. The first-order valence-electron chi connectivity index (χ1n) is 3.78. The molecule has 1 heterocycles. The van der Waals surface area contributed by atoms with Crippen molar-refractivity contribution in [2.45, 2.75) is 32.0 Å². The van der Waals surface area contributed by atoms with Crippen LogP contribution in [-0.2, 0) is 4.74 Å². The molecule has 1 aliphatic rings. The van der Waals surface area contributed by atoms with Gasteiger partial charge in [-0.1, -0.05) is 6.92 Å². The highest BCUT2D eigenvalue weighted by Gasteiger charge is 2.34. The van der Waals surface area contributed by atoms with Crippen molar-refractivity contribution >= 4 is 5.90 Å². The smallest absolute Gasteiger partial charge is 0.392 e. The van der Waals surface area contributed by atoms with E-state index in [1.165, 1.54) is 0 Å². The van der Waals surface area contributed by atoms with E-state index >= 15 is 0 Å². The third-order valence-electron chi connectivity index (χ3n) is 1.54. The fraction of sp³-hybridized carbons (Fsp3) is 0.857. The quantitative estimate of drug-likeness (QED) is 0.639. The molecule has 0 amide bonds. The van der Waals surface area contributed by atoms with E-state index in [4.69, 9.17) is 4.74 Å². The van der Waals surface area contributed by atoms with Gasteiger partial charge >= 0.3 is 6.18 Å². The number of rotatable bonds is 2. The molecule has 0 unspecified atom stereocenters. The van der Waals surface area contributed by atoms with Crippen molar-refractivity contribution in [2.24, 2.45) is 4.99 Å². The zero-order chi connectivity index (χ0) is 9.19. The number of ether oxygens (including phenoxy) is 1. The second-order valence-corrected chi connectivity index (χ2v) is 2.65. The molecule has 0 spiro atoms. The summed E-state index contributed by atoms with van der Waals surface area (Å²) >= 11 is 0. The van der Waals surface area contributed by atoms with E-state index in [9.17, 15) is 13.2 Å². The molecule has 5 heteroatoms. The molecule has 1 atom stereocenters. The first-order chi connectivity index (χ1) is 5.51. The average molecular weight is 181 g/mol. The van der Waals surface area contributed by atoms with Gasteiger partial charge in [0.25, 0.3) is 0 Å². The van der Waals surface area contributed by atoms with E-state index in [0.717, 1.165) is 0 Å². The van der Waals surface area contributed by atoms with Crippen LogP contribution in [0.15, 0.2) is 4.99 Å². The van der Waals surface area contributed by atoms with Crippen LogP contribution in [0.3, 0.4) is 0 Å². The Hall–Kier alpha value is -0.740. The van der Waals surface area contributed by atoms with Crippen LogP contribution >= 0.6 is 0 Å². The summed E-state index contributed by atoms with van der Waals surface area (Å²) in [6.07, 6.45) is -5.28. The van der Waals surface area contributed by atoms with E-state index in [-0.39, 0.29) is 6.54 Å². The monoisotopic (exact) mass is 181 g/mol. The van der Waals surface area contributed by atoms with Gasteiger partial charge in [0.05, 0.1) is 13.0 Å². The Bertz CT molecular complexity index is 188. The molecule has 0 N–H and O–H groups in total. The fourth-order valence-electron chi connectivity index (χ4n) is 1.03. The van der Waals surface area contributed by atoms with Crippen LogP contribution in [0.1, 0.15) is 19.8 Å². The summed E-state index contributed by atoms with van der Waals surface area (Å²) in [4.78, 5) is 3.81. The highest BCUT2D eigenvalue weighted by Crippen LogP contribution is 2.25. The highest BCUT2D eigenvalue weighted by atomic mass is 19.4. The topological polar surface area (TPSA) is 21.6 Å². The molecular weight excluding hydrogens is 171 g/mol. The minimum Gasteiger partial charge on any atom is -0.475 e. The second kappa shape index (κ2) is 3.33. The molecule has 0 aromatic heterocycles. The molecule has 0 fully saturated rings. The Labute approximate surface area is 68.4 Å². The number of hydrogen-bond donors (Lipinski definition) is 0. The molecule has 2 nitrogen and oxygen atoms in total. The lowest BCUT2D eigenvalue weighted by molar-refractivity contribution is -0.149. The van der Waals surface area contributed by atoms with Gasteiger partial charge in [0.2, 0.25) is 0 Å². The zero-order valence-electron chi connectivity index (χ0n) is 6.69. The predicted octanol–water partition coefficient (Wildman–Crippen LogP) is 2.15. The van der Waals surface area contributed by atoms with Crippen molar-refractivity contribution in [1.82, 2.24) is 0 Å². The van der Waals surface area contributed by atoms with Gasteiger partial charge in [-0.25, -0.2) is 0 Å². The summed E-state index contributed by atoms with van der Waals surface area (Å²) in [5.41, 5.74) is 0. The first-order valence-corrected chi connectivity index (χ1v) is 3.78. The summed E-state index contributed by atoms with van der Waals surface area (Å²) in [5.74, 6) is 0.434. The number of alkyl halides is 3. The Morgan fingerprint density at radius 3 is 2.67 bits per heavy atom. The van der Waals surface area contributed by atoms with Gasteiger partial charge < -0.3 is 4.74 Å². The first kappa shape index (κ1) is 9.35. The molecule has 0 radical (unpaired) electrons. The van der Waals surface area contributed by atoms with Crippen LogP contribution in [-0.4, -0.2) is 24.7 Å². The molecule has 1 aliphatic heterocycles. The number of hydrogen-bond acceptors (Lipinski definition) is 2. The summed E-state index contributed by atoms with van der Waals surface area (Å²) in [5, 5.41) is 0. The Kier molecular flexibility index (Phi) is 2.59. The molecule has 0 saturated carbocycles. The maximum atomic E-state index is 11.8. The van der Waals surface area contributed by atoms with E-state index < -0.39 is 18.7 Å². The van der Waals surface area contributed by atoms with Crippen molar-refractivity contribution in [3.63, 3.8) is 0 Å². The third kappa shape index (κ3) is 2.71.